The minimum absolute atomic E-state index is 0.000568. The molecular formula is C24H21BrN4O5. The van der Waals surface area contributed by atoms with Gasteiger partial charge in [-0.1, -0.05) is 0 Å². The number of allylic oxidation sites excluding steroid dienone is 1. The van der Waals surface area contributed by atoms with Gasteiger partial charge >= 0.3 is 0 Å². The second kappa shape index (κ2) is 10.8. The summed E-state index contributed by atoms with van der Waals surface area (Å²) in [5.74, 6) is 0.322. The molecule has 0 N–H and O–H groups in total. The standard InChI is InChI=1S/C24H21BrN4O5/c1-4-33-22-12-18(10-19(13-26)24(30)28-16(3)9-15(2)27-28)11-21(25)23(22)34-14-17-5-7-20(8-6-17)29(31)32/h5-12H,4,14H2,1-3H3/b19-10+. The molecular weight excluding hydrogens is 504 g/mol. The summed E-state index contributed by atoms with van der Waals surface area (Å²) in [7, 11) is 0. The molecule has 1 heterocycles. The smallest absolute Gasteiger partial charge is 0.289 e. The van der Waals surface area contributed by atoms with Crippen LogP contribution in [0.4, 0.5) is 5.69 Å². The third kappa shape index (κ3) is 5.68. The Hall–Kier alpha value is -3.97. The molecule has 3 rings (SSSR count). The Morgan fingerprint density at radius 1 is 1.24 bits per heavy atom. The van der Waals surface area contributed by atoms with Crippen molar-refractivity contribution in [2.24, 2.45) is 0 Å². The maximum absolute atomic E-state index is 12.8. The molecule has 1 aromatic heterocycles. The zero-order chi connectivity index (χ0) is 24.8. The molecule has 0 aliphatic rings. The number of halogens is 1. The summed E-state index contributed by atoms with van der Waals surface area (Å²) < 4.78 is 13.4. The summed E-state index contributed by atoms with van der Waals surface area (Å²) in [5, 5.41) is 24.6. The van der Waals surface area contributed by atoms with Gasteiger partial charge in [0.25, 0.3) is 11.6 Å². The summed E-state index contributed by atoms with van der Waals surface area (Å²) in [6, 6.07) is 13.1. The molecule has 10 heteroatoms. The van der Waals surface area contributed by atoms with Crippen molar-refractivity contribution in [2.45, 2.75) is 27.4 Å². The van der Waals surface area contributed by atoms with E-state index in [0.717, 1.165) is 5.56 Å². The lowest BCUT2D eigenvalue weighted by molar-refractivity contribution is -0.384. The minimum atomic E-state index is -0.527. The molecule has 174 valence electrons. The van der Waals surface area contributed by atoms with Crippen LogP contribution in [0, 0.1) is 35.3 Å². The SMILES string of the molecule is CCOc1cc(/C=C(\C#N)C(=O)n2nc(C)cc2C)cc(Br)c1OCc1ccc([N+](=O)[O-])cc1. The van der Waals surface area contributed by atoms with E-state index >= 15 is 0 Å². The fraction of sp³-hybridized carbons (Fsp3) is 0.208. The fourth-order valence-electron chi connectivity index (χ4n) is 3.20. The maximum atomic E-state index is 12.8. The van der Waals surface area contributed by atoms with Crippen LogP contribution in [0.1, 0.15) is 34.2 Å². The number of aromatic nitrogens is 2. The lowest BCUT2D eigenvalue weighted by atomic mass is 10.1. The summed E-state index contributed by atoms with van der Waals surface area (Å²) in [6.07, 6.45) is 1.46. The number of aryl methyl sites for hydroxylation is 2. The Balaban J connectivity index is 1.88. The topological polar surface area (TPSA) is 120 Å². The van der Waals surface area contributed by atoms with Gasteiger partial charge in [-0.3, -0.25) is 14.9 Å². The van der Waals surface area contributed by atoms with E-state index in [4.69, 9.17) is 9.47 Å². The molecule has 9 nitrogen and oxygen atoms in total. The van der Waals surface area contributed by atoms with Gasteiger partial charge in [0.15, 0.2) is 11.5 Å². The lowest BCUT2D eigenvalue weighted by Gasteiger charge is -2.15. The first-order valence-electron chi connectivity index (χ1n) is 10.3. The predicted molar refractivity (Wildman–Crippen MR) is 129 cm³/mol. The van der Waals surface area contributed by atoms with Gasteiger partial charge in [0, 0.05) is 17.8 Å². The van der Waals surface area contributed by atoms with Crippen LogP contribution in [0.25, 0.3) is 6.08 Å². The van der Waals surface area contributed by atoms with E-state index in [1.807, 2.05) is 13.0 Å². The quantitative estimate of drug-likeness (QED) is 0.167. The van der Waals surface area contributed by atoms with Gasteiger partial charge in [0.2, 0.25) is 0 Å². The first-order valence-corrected chi connectivity index (χ1v) is 11.0. The van der Waals surface area contributed by atoms with E-state index in [-0.39, 0.29) is 17.9 Å². The van der Waals surface area contributed by atoms with E-state index in [2.05, 4.69) is 21.0 Å². The average molecular weight is 525 g/mol. The number of benzene rings is 2. The summed E-state index contributed by atoms with van der Waals surface area (Å²) >= 11 is 3.47. The van der Waals surface area contributed by atoms with Crippen LogP contribution in [-0.2, 0) is 6.61 Å². The molecule has 0 fully saturated rings. The van der Waals surface area contributed by atoms with Crippen LogP contribution in [0.15, 0.2) is 52.5 Å². The highest BCUT2D eigenvalue weighted by Gasteiger charge is 2.18. The number of hydrogen-bond acceptors (Lipinski definition) is 7. The van der Waals surface area contributed by atoms with Gasteiger partial charge < -0.3 is 9.47 Å². The summed E-state index contributed by atoms with van der Waals surface area (Å²) in [5.41, 5.74) is 2.53. The molecule has 0 radical (unpaired) electrons. The molecule has 0 unspecified atom stereocenters. The van der Waals surface area contributed by atoms with Crippen LogP contribution in [0.5, 0.6) is 11.5 Å². The normalized spacial score (nSPS) is 11.1. The highest BCUT2D eigenvalue weighted by Crippen LogP contribution is 2.38. The third-order valence-corrected chi connectivity index (χ3v) is 5.31. The van der Waals surface area contributed by atoms with E-state index in [9.17, 15) is 20.2 Å². The van der Waals surface area contributed by atoms with Gasteiger partial charge in [0.05, 0.1) is 21.7 Å². The molecule has 0 bridgehead atoms. The Morgan fingerprint density at radius 3 is 2.50 bits per heavy atom. The second-order valence-corrected chi connectivity index (χ2v) is 8.14. The first-order chi connectivity index (χ1) is 16.2. The molecule has 0 spiro atoms. The van der Waals surface area contributed by atoms with Crippen molar-refractivity contribution in [3.63, 3.8) is 0 Å². The number of non-ortho nitro benzene ring substituents is 1. The largest absolute Gasteiger partial charge is 0.490 e. The van der Waals surface area contributed by atoms with Crippen molar-refractivity contribution in [3.05, 3.63) is 85.1 Å². The van der Waals surface area contributed by atoms with Crippen LogP contribution in [0.3, 0.4) is 0 Å². The number of nitro benzene ring substituents is 1. The molecule has 0 aliphatic heterocycles. The molecule has 0 saturated carbocycles. The highest BCUT2D eigenvalue weighted by molar-refractivity contribution is 9.10. The van der Waals surface area contributed by atoms with E-state index in [1.165, 1.54) is 22.9 Å². The molecule has 2 aromatic carbocycles. The molecule has 3 aromatic rings. The van der Waals surface area contributed by atoms with Crippen molar-refractivity contribution >= 4 is 33.6 Å². The summed E-state index contributed by atoms with van der Waals surface area (Å²) in [6.45, 7) is 5.86. The number of nitro groups is 1. The molecule has 0 saturated heterocycles. The Bertz CT molecular complexity index is 1310. The Morgan fingerprint density at radius 2 is 1.94 bits per heavy atom. The zero-order valence-electron chi connectivity index (χ0n) is 18.7. The third-order valence-electron chi connectivity index (χ3n) is 4.73. The van der Waals surface area contributed by atoms with Gasteiger partial charge in [-0.05, 0) is 84.2 Å². The van der Waals surface area contributed by atoms with E-state index in [1.54, 1.807) is 44.2 Å². The van der Waals surface area contributed by atoms with Crippen LogP contribution >= 0.6 is 15.9 Å². The van der Waals surface area contributed by atoms with Gasteiger partial charge in [0.1, 0.15) is 18.2 Å². The number of nitrogens with zero attached hydrogens (tertiary/aromatic N) is 4. The second-order valence-electron chi connectivity index (χ2n) is 7.29. The number of hydrogen-bond donors (Lipinski definition) is 0. The predicted octanol–water partition coefficient (Wildman–Crippen LogP) is 5.40. The first kappa shape index (κ1) is 24.7. The van der Waals surface area contributed by atoms with Crippen molar-refractivity contribution in [1.29, 1.82) is 5.26 Å². The average Bonchev–Trinajstić information content (AvgIpc) is 3.14. The number of nitriles is 1. The van der Waals surface area contributed by atoms with Gasteiger partial charge in [-0.2, -0.15) is 10.4 Å². The molecule has 0 atom stereocenters. The number of carbonyl (C=O) groups is 1. The van der Waals surface area contributed by atoms with Crippen molar-refractivity contribution in [2.75, 3.05) is 6.61 Å². The number of ether oxygens (including phenoxy) is 2. The monoisotopic (exact) mass is 524 g/mol. The van der Waals surface area contributed by atoms with Crippen molar-refractivity contribution in [1.82, 2.24) is 9.78 Å². The lowest BCUT2D eigenvalue weighted by Crippen LogP contribution is -2.15. The highest BCUT2D eigenvalue weighted by atomic mass is 79.9. The van der Waals surface area contributed by atoms with Gasteiger partial charge in [-0.15, -0.1) is 0 Å². The fourth-order valence-corrected chi connectivity index (χ4v) is 3.77. The van der Waals surface area contributed by atoms with Gasteiger partial charge in [-0.25, -0.2) is 4.68 Å². The minimum Gasteiger partial charge on any atom is -0.490 e. The van der Waals surface area contributed by atoms with Crippen LogP contribution in [-0.4, -0.2) is 27.2 Å². The molecule has 0 aliphatic carbocycles. The van der Waals surface area contributed by atoms with Crippen molar-refractivity contribution < 1.29 is 19.2 Å². The van der Waals surface area contributed by atoms with Crippen LogP contribution in [0.2, 0.25) is 0 Å². The Labute approximate surface area is 204 Å². The maximum Gasteiger partial charge on any atom is 0.289 e. The molecule has 34 heavy (non-hydrogen) atoms. The number of rotatable bonds is 8. The van der Waals surface area contributed by atoms with E-state index in [0.29, 0.717) is 39.5 Å². The van der Waals surface area contributed by atoms with Crippen molar-refractivity contribution in [3.8, 4) is 17.6 Å². The zero-order valence-corrected chi connectivity index (χ0v) is 20.3. The molecule has 0 amide bonds. The number of carbonyl (C=O) groups excluding carboxylic acids is 1. The van der Waals surface area contributed by atoms with E-state index < -0.39 is 10.8 Å². The summed E-state index contributed by atoms with van der Waals surface area (Å²) in [4.78, 5) is 23.2. The Kier molecular flexibility index (Phi) is 7.81. The van der Waals surface area contributed by atoms with Crippen LogP contribution < -0.4 is 9.47 Å².